The first kappa shape index (κ1) is 22.1. The number of benzene rings is 2. The Morgan fingerprint density at radius 1 is 1.06 bits per heavy atom. The molecule has 3 rings (SSSR count). The van der Waals surface area contributed by atoms with Crippen molar-refractivity contribution in [1.82, 2.24) is 14.5 Å². The van der Waals surface area contributed by atoms with Gasteiger partial charge in [-0.3, -0.25) is 18.7 Å². The number of ether oxygens (including phenoxy) is 1. The zero-order chi connectivity index (χ0) is 22.6. The number of hydrogen-bond acceptors (Lipinski definition) is 4. The first-order valence-corrected chi connectivity index (χ1v) is 9.51. The minimum absolute atomic E-state index is 0.0230. The van der Waals surface area contributed by atoms with Crippen molar-refractivity contribution < 1.29 is 22.7 Å². The fourth-order valence-electron chi connectivity index (χ4n) is 3.12. The Morgan fingerprint density at radius 3 is 2.52 bits per heavy atom. The van der Waals surface area contributed by atoms with Crippen LogP contribution >= 0.6 is 0 Å². The van der Waals surface area contributed by atoms with Crippen LogP contribution in [-0.2, 0) is 24.1 Å². The largest absolute Gasteiger partial charge is 0.492 e. The van der Waals surface area contributed by atoms with Gasteiger partial charge in [0.1, 0.15) is 18.9 Å². The molecule has 31 heavy (non-hydrogen) atoms. The smallest absolute Gasteiger partial charge is 0.416 e. The Balaban J connectivity index is 1.65. The molecule has 0 unspecified atom stereocenters. The number of nitrogens with zero attached hydrogens (tertiary/aromatic N) is 2. The second kappa shape index (κ2) is 9.07. The summed E-state index contributed by atoms with van der Waals surface area (Å²) in [4.78, 5) is 37.4. The van der Waals surface area contributed by atoms with Gasteiger partial charge in [0.25, 0.3) is 5.56 Å². The molecule has 0 fully saturated rings. The number of hydrogen-bond donors (Lipinski definition) is 1. The van der Waals surface area contributed by atoms with E-state index in [1.165, 1.54) is 16.7 Å². The quantitative estimate of drug-likeness (QED) is 0.578. The third kappa shape index (κ3) is 4.96. The lowest BCUT2D eigenvalue weighted by Crippen LogP contribution is -2.42. The summed E-state index contributed by atoms with van der Waals surface area (Å²) >= 11 is 0. The summed E-state index contributed by atoms with van der Waals surface area (Å²) in [5, 5.41) is 2.88. The van der Waals surface area contributed by atoms with E-state index in [4.69, 9.17) is 4.74 Å². The highest BCUT2D eigenvalue weighted by Crippen LogP contribution is 2.31. The molecule has 0 spiro atoms. The Bertz CT molecular complexity index is 1210. The number of alkyl halides is 3. The van der Waals surface area contributed by atoms with Gasteiger partial charge in [-0.2, -0.15) is 13.2 Å². The maximum Gasteiger partial charge on any atom is 0.416 e. The van der Waals surface area contributed by atoms with Crippen molar-refractivity contribution in [2.24, 2.45) is 0 Å². The molecule has 3 aromatic rings. The summed E-state index contributed by atoms with van der Waals surface area (Å²) < 4.78 is 45.7. The van der Waals surface area contributed by atoms with E-state index in [2.05, 4.69) is 5.32 Å². The molecule has 1 amide bonds. The number of para-hydroxylation sites is 1. The molecule has 10 heteroatoms. The molecular weight excluding hydrogens is 415 g/mol. The first-order chi connectivity index (χ1) is 14.7. The summed E-state index contributed by atoms with van der Waals surface area (Å²) in [5.41, 5.74) is -1.50. The van der Waals surface area contributed by atoms with E-state index in [-0.39, 0.29) is 32.0 Å². The highest BCUT2D eigenvalue weighted by molar-refractivity contribution is 5.81. The van der Waals surface area contributed by atoms with Crippen LogP contribution in [0.3, 0.4) is 0 Å². The molecule has 0 aliphatic carbocycles. The molecule has 1 heterocycles. The third-order valence-electron chi connectivity index (χ3n) is 4.60. The van der Waals surface area contributed by atoms with Gasteiger partial charge >= 0.3 is 11.9 Å². The van der Waals surface area contributed by atoms with Crippen molar-refractivity contribution in [3.63, 3.8) is 0 Å². The highest BCUT2D eigenvalue weighted by Gasteiger charge is 2.30. The molecule has 2 aromatic carbocycles. The summed E-state index contributed by atoms with van der Waals surface area (Å²) in [6, 6.07) is 10.9. The summed E-state index contributed by atoms with van der Waals surface area (Å²) in [7, 11) is 0. The van der Waals surface area contributed by atoms with Gasteiger partial charge in [0.15, 0.2) is 0 Å². The van der Waals surface area contributed by atoms with Gasteiger partial charge in [-0.1, -0.05) is 18.2 Å². The molecular formula is C21H20F3N3O4. The lowest BCUT2D eigenvalue weighted by Gasteiger charge is -2.13. The minimum Gasteiger partial charge on any atom is -0.492 e. The van der Waals surface area contributed by atoms with E-state index in [0.717, 1.165) is 16.7 Å². The molecule has 0 aliphatic heterocycles. The summed E-state index contributed by atoms with van der Waals surface area (Å²) in [6.07, 6.45) is -4.47. The standard InChI is InChI=1S/C21H20F3N3O4/c1-2-26-19(29)16-8-3-4-9-17(16)27(20(26)30)13-18(28)25-10-11-31-15-7-5-6-14(12-15)21(22,23)24/h3-9,12H,2,10-11,13H2,1H3,(H,25,28). The summed E-state index contributed by atoms with van der Waals surface area (Å²) in [6.45, 7) is 1.47. The molecule has 0 saturated carbocycles. The van der Waals surface area contributed by atoms with Crippen molar-refractivity contribution in [3.8, 4) is 5.75 Å². The van der Waals surface area contributed by atoms with Gasteiger partial charge in [-0.15, -0.1) is 0 Å². The van der Waals surface area contributed by atoms with Crippen molar-refractivity contribution in [1.29, 1.82) is 0 Å². The molecule has 0 saturated heterocycles. The van der Waals surface area contributed by atoms with E-state index >= 15 is 0 Å². The van der Waals surface area contributed by atoms with Gasteiger partial charge < -0.3 is 10.1 Å². The molecule has 7 nitrogen and oxygen atoms in total. The number of aromatic nitrogens is 2. The summed E-state index contributed by atoms with van der Waals surface area (Å²) in [5.74, 6) is -0.470. The van der Waals surface area contributed by atoms with Crippen LogP contribution in [0.1, 0.15) is 12.5 Å². The fourth-order valence-corrected chi connectivity index (χ4v) is 3.12. The van der Waals surface area contributed by atoms with Gasteiger partial charge in [0.2, 0.25) is 5.91 Å². The number of carbonyl (C=O) groups is 1. The van der Waals surface area contributed by atoms with E-state index in [1.807, 2.05) is 0 Å². The second-order valence-electron chi connectivity index (χ2n) is 6.66. The van der Waals surface area contributed by atoms with Crippen LogP contribution in [0.4, 0.5) is 13.2 Å². The van der Waals surface area contributed by atoms with Crippen LogP contribution in [0.2, 0.25) is 0 Å². The van der Waals surface area contributed by atoms with Gasteiger partial charge in [-0.25, -0.2) is 4.79 Å². The highest BCUT2D eigenvalue weighted by atomic mass is 19.4. The zero-order valence-corrected chi connectivity index (χ0v) is 16.6. The molecule has 0 atom stereocenters. The normalized spacial score (nSPS) is 11.5. The number of fused-ring (bicyclic) bond motifs is 1. The number of carbonyl (C=O) groups excluding carboxylic acids is 1. The molecule has 0 radical (unpaired) electrons. The maximum atomic E-state index is 12.7. The minimum atomic E-state index is -4.47. The molecule has 1 aromatic heterocycles. The molecule has 1 N–H and O–H groups in total. The lowest BCUT2D eigenvalue weighted by molar-refractivity contribution is -0.137. The van der Waals surface area contributed by atoms with Crippen LogP contribution in [0.25, 0.3) is 10.9 Å². The van der Waals surface area contributed by atoms with E-state index in [0.29, 0.717) is 10.9 Å². The average Bonchev–Trinajstić information content (AvgIpc) is 2.74. The van der Waals surface area contributed by atoms with Crippen LogP contribution < -0.4 is 21.3 Å². The van der Waals surface area contributed by atoms with E-state index in [1.54, 1.807) is 31.2 Å². The van der Waals surface area contributed by atoms with Crippen LogP contribution in [0.15, 0.2) is 58.1 Å². The lowest BCUT2D eigenvalue weighted by atomic mass is 10.2. The number of rotatable bonds is 7. The maximum absolute atomic E-state index is 12.7. The van der Waals surface area contributed by atoms with Crippen molar-refractivity contribution in [3.05, 3.63) is 74.9 Å². The SMILES string of the molecule is CCn1c(=O)c2ccccc2n(CC(=O)NCCOc2cccc(C(F)(F)F)c2)c1=O. The predicted molar refractivity (Wildman–Crippen MR) is 108 cm³/mol. The molecule has 164 valence electrons. The number of amides is 1. The van der Waals surface area contributed by atoms with Gasteiger partial charge in [0, 0.05) is 6.54 Å². The monoisotopic (exact) mass is 435 g/mol. The third-order valence-corrected chi connectivity index (χ3v) is 4.60. The average molecular weight is 435 g/mol. The van der Waals surface area contributed by atoms with E-state index < -0.39 is 28.9 Å². The molecule has 0 aliphatic rings. The van der Waals surface area contributed by atoms with Crippen LogP contribution in [0.5, 0.6) is 5.75 Å². The Morgan fingerprint density at radius 2 is 1.81 bits per heavy atom. The Labute approximate surface area is 174 Å². The fraction of sp³-hybridized carbons (Fsp3) is 0.286. The van der Waals surface area contributed by atoms with Crippen molar-refractivity contribution in [2.45, 2.75) is 26.2 Å². The van der Waals surface area contributed by atoms with Crippen molar-refractivity contribution in [2.75, 3.05) is 13.2 Å². The zero-order valence-electron chi connectivity index (χ0n) is 16.6. The van der Waals surface area contributed by atoms with Gasteiger partial charge in [0.05, 0.1) is 23.0 Å². The number of nitrogens with one attached hydrogen (secondary N) is 1. The van der Waals surface area contributed by atoms with Crippen LogP contribution in [0, 0.1) is 0 Å². The van der Waals surface area contributed by atoms with Crippen LogP contribution in [-0.4, -0.2) is 28.2 Å². The first-order valence-electron chi connectivity index (χ1n) is 9.51. The topological polar surface area (TPSA) is 82.3 Å². The molecule has 0 bridgehead atoms. The Kier molecular flexibility index (Phi) is 6.47. The number of halogens is 3. The van der Waals surface area contributed by atoms with E-state index in [9.17, 15) is 27.6 Å². The second-order valence-corrected chi connectivity index (χ2v) is 6.66. The van der Waals surface area contributed by atoms with Gasteiger partial charge in [-0.05, 0) is 37.3 Å². The predicted octanol–water partition coefficient (Wildman–Crippen LogP) is 2.40. The Hall–Kier alpha value is -3.56. The van der Waals surface area contributed by atoms with Crippen molar-refractivity contribution >= 4 is 16.8 Å².